The van der Waals surface area contributed by atoms with Gasteiger partial charge in [0.1, 0.15) is 11.6 Å². The van der Waals surface area contributed by atoms with Crippen molar-refractivity contribution in [2.45, 2.75) is 45.6 Å². The van der Waals surface area contributed by atoms with Crippen LogP contribution in [0.2, 0.25) is 0 Å². The lowest BCUT2D eigenvalue weighted by Gasteiger charge is -2.17. The largest absolute Gasteiger partial charge is 0.350 e. The molecular formula is C21H23FN6O. The van der Waals surface area contributed by atoms with Crippen LogP contribution in [0.5, 0.6) is 0 Å². The number of nitrogens with zero attached hydrogens (tertiary/aromatic N) is 5. The normalized spacial score (nSPS) is 13.2. The number of amides is 1. The van der Waals surface area contributed by atoms with Crippen LogP contribution in [0.1, 0.15) is 51.7 Å². The maximum absolute atomic E-state index is 13.0. The van der Waals surface area contributed by atoms with Crippen LogP contribution in [0.4, 0.5) is 4.39 Å². The molecule has 0 unspecified atom stereocenters. The fraction of sp³-hybridized carbons (Fsp3) is 0.381. The zero-order valence-corrected chi connectivity index (χ0v) is 16.4. The van der Waals surface area contributed by atoms with Crippen molar-refractivity contribution < 1.29 is 9.18 Å². The molecule has 150 valence electrons. The predicted molar refractivity (Wildman–Crippen MR) is 105 cm³/mol. The standard InChI is InChI=1S/C21H23FN6O/c1-14-17-4-2-3-5-18(17)25-20(24-14)10-11-23-21(29)19-13-28(27-26-19)12-15-6-8-16(22)9-7-15/h6-9,13H,2-5,10-12H2,1H3,(H,23,29). The van der Waals surface area contributed by atoms with Crippen LogP contribution >= 0.6 is 0 Å². The molecule has 0 fully saturated rings. The van der Waals surface area contributed by atoms with E-state index in [0.717, 1.165) is 35.6 Å². The summed E-state index contributed by atoms with van der Waals surface area (Å²) in [6.07, 6.45) is 6.60. The van der Waals surface area contributed by atoms with Crippen molar-refractivity contribution in [3.05, 3.63) is 70.3 Å². The molecule has 1 amide bonds. The van der Waals surface area contributed by atoms with E-state index in [2.05, 4.69) is 25.6 Å². The smallest absolute Gasteiger partial charge is 0.273 e. The van der Waals surface area contributed by atoms with Crippen molar-refractivity contribution in [3.63, 3.8) is 0 Å². The van der Waals surface area contributed by atoms with E-state index < -0.39 is 0 Å². The molecule has 2 aromatic heterocycles. The number of aromatic nitrogens is 5. The minimum Gasteiger partial charge on any atom is -0.350 e. The van der Waals surface area contributed by atoms with Gasteiger partial charge in [-0.15, -0.1) is 5.10 Å². The monoisotopic (exact) mass is 394 g/mol. The number of halogens is 1. The van der Waals surface area contributed by atoms with Crippen LogP contribution in [0.25, 0.3) is 0 Å². The van der Waals surface area contributed by atoms with Gasteiger partial charge in [-0.3, -0.25) is 4.79 Å². The third-order valence-corrected chi connectivity index (χ3v) is 5.10. The molecule has 1 N–H and O–H groups in total. The SMILES string of the molecule is Cc1nc(CCNC(=O)c2cn(Cc3ccc(F)cc3)nn2)nc2c1CCCC2. The fourth-order valence-corrected chi connectivity index (χ4v) is 3.59. The number of nitrogens with one attached hydrogen (secondary N) is 1. The number of hydrogen-bond acceptors (Lipinski definition) is 5. The molecule has 2 heterocycles. The highest BCUT2D eigenvalue weighted by Crippen LogP contribution is 2.21. The zero-order valence-electron chi connectivity index (χ0n) is 16.4. The van der Waals surface area contributed by atoms with Gasteiger partial charge in [-0.25, -0.2) is 19.0 Å². The topological polar surface area (TPSA) is 85.6 Å². The van der Waals surface area contributed by atoms with Gasteiger partial charge in [0, 0.05) is 24.4 Å². The fourth-order valence-electron chi connectivity index (χ4n) is 3.59. The molecule has 8 heteroatoms. The van der Waals surface area contributed by atoms with Gasteiger partial charge in [0.2, 0.25) is 0 Å². The molecule has 0 spiro atoms. The predicted octanol–water partition coefficient (Wildman–Crippen LogP) is 2.42. The number of carbonyl (C=O) groups is 1. The van der Waals surface area contributed by atoms with Gasteiger partial charge >= 0.3 is 0 Å². The van der Waals surface area contributed by atoms with Gasteiger partial charge in [-0.05, 0) is 55.9 Å². The molecule has 0 bridgehead atoms. The van der Waals surface area contributed by atoms with E-state index in [1.165, 1.54) is 30.5 Å². The zero-order chi connectivity index (χ0) is 20.2. The second kappa shape index (κ2) is 8.46. The molecule has 3 aromatic rings. The Kier molecular flexibility index (Phi) is 5.59. The summed E-state index contributed by atoms with van der Waals surface area (Å²) < 4.78 is 14.5. The first-order valence-corrected chi connectivity index (χ1v) is 9.86. The van der Waals surface area contributed by atoms with Gasteiger partial charge in [0.15, 0.2) is 5.69 Å². The Hall–Kier alpha value is -3.16. The summed E-state index contributed by atoms with van der Waals surface area (Å²) in [5.41, 5.74) is 4.63. The third kappa shape index (κ3) is 4.64. The van der Waals surface area contributed by atoms with Crippen molar-refractivity contribution >= 4 is 5.91 Å². The Morgan fingerprint density at radius 3 is 2.79 bits per heavy atom. The van der Waals surface area contributed by atoms with Gasteiger partial charge < -0.3 is 5.32 Å². The van der Waals surface area contributed by atoms with Crippen LogP contribution < -0.4 is 5.32 Å². The Morgan fingerprint density at radius 2 is 1.97 bits per heavy atom. The Labute approximate surface area is 168 Å². The van der Waals surface area contributed by atoms with Gasteiger partial charge in [-0.1, -0.05) is 17.3 Å². The first-order chi connectivity index (χ1) is 14.1. The van der Waals surface area contributed by atoms with Crippen LogP contribution in [0.3, 0.4) is 0 Å². The van der Waals surface area contributed by atoms with Crippen LogP contribution in [0, 0.1) is 12.7 Å². The first-order valence-electron chi connectivity index (χ1n) is 9.86. The summed E-state index contributed by atoms with van der Waals surface area (Å²) in [7, 11) is 0. The van der Waals surface area contributed by atoms with Crippen molar-refractivity contribution in [3.8, 4) is 0 Å². The number of benzene rings is 1. The Morgan fingerprint density at radius 1 is 1.17 bits per heavy atom. The summed E-state index contributed by atoms with van der Waals surface area (Å²) >= 11 is 0. The van der Waals surface area contributed by atoms with Crippen molar-refractivity contribution in [1.29, 1.82) is 0 Å². The van der Waals surface area contributed by atoms with Crippen molar-refractivity contribution in [1.82, 2.24) is 30.3 Å². The van der Waals surface area contributed by atoms with E-state index in [4.69, 9.17) is 0 Å². The van der Waals surface area contributed by atoms with E-state index in [-0.39, 0.29) is 17.4 Å². The first kappa shape index (κ1) is 19.2. The lowest BCUT2D eigenvalue weighted by atomic mass is 9.95. The van der Waals surface area contributed by atoms with E-state index >= 15 is 0 Å². The molecule has 4 rings (SSSR count). The number of aryl methyl sites for hydroxylation is 2. The lowest BCUT2D eigenvalue weighted by Crippen LogP contribution is -2.27. The molecule has 1 aliphatic rings. The molecule has 0 aliphatic heterocycles. The van der Waals surface area contributed by atoms with E-state index in [1.54, 1.807) is 23.0 Å². The van der Waals surface area contributed by atoms with E-state index in [9.17, 15) is 9.18 Å². The van der Waals surface area contributed by atoms with Crippen LogP contribution in [0.15, 0.2) is 30.5 Å². The average molecular weight is 394 g/mol. The van der Waals surface area contributed by atoms with Crippen LogP contribution in [-0.2, 0) is 25.8 Å². The van der Waals surface area contributed by atoms with Crippen molar-refractivity contribution in [2.75, 3.05) is 6.54 Å². The maximum Gasteiger partial charge on any atom is 0.273 e. The number of hydrogen-bond donors (Lipinski definition) is 1. The Balaban J connectivity index is 1.32. The highest BCUT2D eigenvalue weighted by atomic mass is 19.1. The van der Waals surface area contributed by atoms with Crippen LogP contribution in [-0.4, -0.2) is 37.4 Å². The maximum atomic E-state index is 13.0. The van der Waals surface area contributed by atoms with Gasteiger partial charge in [-0.2, -0.15) is 0 Å². The minimum absolute atomic E-state index is 0.245. The van der Waals surface area contributed by atoms with E-state index in [1.807, 2.05) is 6.92 Å². The number of rotatable bonds is 6. The summed E-state index contributed by atoms with van der Waals surface area (Å²) in [6.45, 7) is 2.89. The molecule has 1 aromatic carbocycles. The number of fused-ring (bicyclic) bond motifs is 1. The molecule has 0 radical (unpaired) electrons. The summed E-state index contributed by atoms with van der Waals surface area (Å²) in [6, 6.07) is 6.14. The third-order valence-electron chi connectivity index (χ3n) is 5.10. The quantitative estimate of drug-likeness (QED) is 0.694. The van der Waals surface area contributed by atoms with Gasteiger partial charge in [0.05, 0.1) is 12.7 Å². The molecule has 1 aliphatic carbocycles. The molecule has 29 heavy (non-hydrogen) atoms. The van der Waals surface area contributed by atoms with E-state index in [0.29, 0.717) is 19.5 Å². The molecular weight excluding hydrogens is 371 g/mol. The highest BCUT2D eigenvalue weighted by molar-refractivity contribution is 5.91. The summed E-state index contributed by atoms with van der Waals surface area (Å²) in [5, 5.41) is 10.7. The molecule has 0 atom stereocenters. The average Bonchev–Trinajstić information content (AvgIpc) is 3.18. The summed E-state index contributed by atoms with van der Waals surface area (Å²) in [5.74, 6) is 0.193. The molecule has 0 saturated heterocycles. The highest BCUT2D eigenvalue weighted by Gasteiger charge is 2.16. The lowest BCUT2D eigenvalue weighted by molar-refractivity contribution is 0.0949. The second-order valence-corrected chi connectivity index (χ2v) is 7.29. The number of carbonyl (C=O) groups excluding carboxylic acids is 1. The Bertz CT molecular complexity index is 1010. The molecule has 7 nitrogen and oxygen atoms in total. The summed E-state index contributed by atoms with van der Waals surface area (Å²) in [4.78, 5) is 21.6. The van der Waals surface area contributed by atoms with Crippen molar-refractivity contribution in [2.24, 2.45) is 0 Å². The molecule has 0 saturated carbocycles. The van der Waals surface area contributed by atoms with Gasteiger partial charge in [0.25, 0.3) is 5.91 Å². The minimum atomic E-state index is -0.287. The second-order valence-electron chi connectivity index (χ2n) is 7.29.